The molecule has 7 atom stereocenters. The fraction of sp³-hybridized carbons (Fsp3) is 0.739. The summed E-state index contributed by atoms with van der Waals surface area (Å²) in [6.45, 7) is 4.43. The third kappa shape index (κ3) is 2.13. The van der Waals surface area contributed by atoms with Gasteiger partial charge >= 0.3 is 0 Å². The molecule has 3 fully saturated rings. The van der Waals surface area contributed by atoms with Crippen molar-refractivity contribution in [1.29, 1.82) is 0 Å². The van der Waals surface area contributed by atoms with Crippen LogP contribution in [0.2, 0.25) is 0 Å². The molecule has 0 spiro atoms. The molecule has 5 heteroatoms. The van der Waals surface area contributed by atoms with E-state index in [1.54, 1.807) is 12.3 Å². The highest BCUT2D eigenvalue weighted by molar-refractivity contribution is 5.31. The Labute approximate surface area is 166 Å². The van der Waals surface area contributed by atoms with Crippen LogP contribution in [0.5, 0.6) is 0 Å². The minimum Gasteiger partial charge on any atom is -0.389 e. The number of hydrogen-bond donors (Lipinski definition) is 3. The van der Waals surface area contributed by atoms with Crippen molar-refractivity contribution in [2.45, 2.75) is 82.5 Å². The third-order valence-electron chi connectivity index (χ3n) is 9.43. The predicted octanol–water partition coefficient (Wildman–Crippen LogP) is 3.10. The number of hydrogen-bond acceptors (Lipinski definition) is 5. The highest BCUT2D eigenvalue weighted by atomic mass is 16.3. The summed E-state index contributed by atoms with van der Waals surface area (Å²) in [5, 5.41) is 34.1. The Morgan fingerprint density at radius 1 is 1.00 bits per heavy atom. The molecule has 4 aliphatic carbocycles. The van der Waals surface area contributed by atoms with Crippen LogP contribution in [0.15, 0.2) is 30.2 Å². The van der Waals surface area contributed by atoms with Gasteiger partial charge in [-0.05, 0) is 74.7 Å². The first-order valence-corrected chi connectivity index (χ1v) is 10.9. The summed E-state index contributed by atoms with van der Waals surface area (Å²) in [6.07, 6.45) is 11.6. The van der Waals surface area contributed by atoms with Crippen LogP contribution in [0.25, 0.3) is 0 Å². The quantitative estimate of drug-likeness (QED) is 0.648. The maximum atomic E-state index is 12.1. The van der Waals surface area contributed by atoms with Gasteiger partial charge in [0.2, 0.25) is 0 Å². The summed E-state index contributed by atoms with van der Waals surface area (Å²) in [6, 6.07) is 1.80. The average molecular weight is 385 g/mol. The fourth-order valence-electron chi connectivity index (χ4n) is 7.64. The van der Waals surface area contributed by atoms with Crippen LogP contribution in [0.3, 0.4) is 0 Å². The summed E-state index contributed by atoms with van der Waals surface area (Å²) in [5.74, 6) is 0.588. The van der Waals surface area contributed by atoms with Gasteiger partial charge < -0.3 is 15.3 Å². The molecular formula is C23H32N2O3. The number of aliphatic hydroxyl groups is 3. The predicted molar refractivity (Wildman–Crippen MR) is 105 cm³/mol. The van der Waals surface area contributed by atoms with Crippen molar-refractivity contribution in [2.24, 2.45) is 22.7 Å². The Morgan fingerprint density at radius 3 is 2.57 bits per heavy atom. The Bertz CT molecular complexity index is 813. The average Bonchev–Trinajstić information content (AvgIpc) is 2.91. The lowest BCUT2D eigenvalue weighted by atomic mass is 9.44. The second kappa shape index (κ2) is 5.87. The summed E-state index contributed by atoms with van der Waals surface area (Å²) < 4.78 is 0. The van der Waals surface area contributed by atoms with Crippen molar-refractivity contribution in [3.63, 3.8) is 0 Å². The SMILES string of the molecule is C[C@]12CC[C@H]3[C@@H](CCC4=C[C@@H](O)CC[C@@]43C)[C@@]1(O)CC[C@]2(O)c1ccncn1. The van der Waals surface area contributed by atoms with E-state index in [0.29, 0.717) is 24.5 Å². The molecule has 0 bridgehead atoms. The zero-order valence-electron chi connectivity index (χ0n) is 16.9. The van der Waals surface area contributed by atoms with E-state index in [-0.39, 0.29) is 17.4 Å². The van der Waals surface area contributed by atoms with Gasteiger partial charge in [0.1, 0.15) is 11.9 Å². The molecule has 0 aromatic carbocycles. The van der Waals surface area contributed by atoms with Crippen LogP contribution in [-0.4, -0.2) is 37.0 Å². The number of allylic oxidation sites excluding steroid dienone is 1. The van der Waals surface area contributed by atoms with Gasteiger partial charge in [-0.25, -0.2) is 9.97 Å². The Balaban J connectivity index is 1.55. The molecule has 0 amide bonds. The third-order valence-corrected chi connectivity index (χ3v) is 9.43. The molecule has 28 heavy (non-hydrogen) atoms. The molecule has 3 N–H and O–H groups in total. The Morgan fingerprint density at radius 2 is 1.82 bits per heavy atom. The lowest BCUT2D eigenvalue weighted by Crippen LogP contribution is -2.63. The van der Waals surface area contributed by atoms with Gasteiger partial charge in [-0.2, -0.15) is 0 Å². The number of nitrogens with zero attached hydrogens (tertiary/aromatic N) is 2. The van der Waals surface area contributed by atoms with Gasteiger partial charge in [-0.1, -0.05) is 25.5 Å². The van der Waals surface area contributed by atoms with Crippen LogP contribution in [0.4, 0.5) is 0 Å². The summed E-state index contributed by atoms with van der Waals surface area (Å²) in [5.41, 5.74) is -0.516. The maximum Gasteiger partial charge on any atom is 0.115 e. The van der Waals surface area contributed by atoms with Gasteiger partial charge in [0.25, 0.3) is 0 Å². The van der Waals surface area contributed by atoms with Crippen LogP contribution < -0.4 is 0 Å². The molecule has 0 radical (unpaired) electrons. The standard InChI is InChI=1S/C23H32N2O3/c1-20-8-5-16(26)13-15(20)3-4-18-17(20)6-9-21(2)22(18,27)10-11-23(21,28)19-7-12-24-14-25-19/h7,12-14,16-18,26-28H,3-6,8-11H2,1-2H3/t16-,17-,18+,20-,21-,22-,23-/m0/s1. The monoisotopic (exact) mass is 384 g/mol. The lowest BCUT2D eigenvalue weighted by Gasteiger charge is -2.62. The first-order valence-electron chi connectivity index (χ1n) is 10.9. The molecule has 5 rings (SSSR count). The molecule has 0 aliphatic heterocycles. The molecule has 3 saturated carbocycles. The van der Waals surface area contributed by atoms with Crippen molar-refractivity contribution in [3.05, 3.63) is 35.9 Å². The zero-order valence-corrected chi connectivity index (χ0v) is 16.9. The van der Waals surface area contributed by atoms with Crippen LogP contribution in [-0.2, 0) is 5.60 Å². The van der Waals surface area contributed by atoms with E-state index in [4.69, 9.17) is 0 Å². The van der Waals surface area contributed by atoms with E-state index in [9.17, 15) is 15.3 Å². The highest BCUT2D eigenvalue weighted by Crippen LogP contribution is 2.70. The molecular weight excluding hydrogens is 352 g/mol. The van der Waals surface area contributed by atoms with E-state index >= 15 is 0 Å². The Kier molecular flexibility index (Phi) is 3.92. The van der Waals surface area contributed by atoms with Crippen molar-refractivity contribution in [1.82, 2.24) is 9.97 Å². The molecule has 152 valence electrons. The number of aromatic nitrogens is 2. The van der Waals surface area contributed by atoms with Gasteiger partial charge in [0, 0.05) is 11.6 Å². The molecule has 0 saturated heterocycles. The minimum absolute atomic E-state index is 0.0643. The number of rotatable bonds is 1. The normalized spacial score (nSPS) is 50.3. The summed E-state index contributed by atoms with van der Waals surface area (Å²) in [4.78, 5) is 8.39. The van der Waals surface area contributed by atoms with E-state index in [1.807, 2.05) is 0 Å². The van der Waals surface area contributed by atoms with Crippen LogP contribution in [0, 0.1) is 22.7 Å². The van der Waals surface area contributed by atoms with Crippen LogP contribution in [0.1, 0.15) is 70.9 Å². The second-order valence-electron chi connectivity index (χ2n) is 10.2. The lowest BCUT2D eigenvalue weighted by molar-refractivity contribution is -0.222. The molecule has 1 aromatic heterocycles. The highest BCUT2D eigenvalue weighted by Gasteiger charge is 2.72. The molecule has 5 nitrogen and oxygen atoms in total. The van der Waals surface area contributed by atoms with Crippen LogP contribution >= 0.6 is 0 Å². The molecule has 1 aromatic rings. The summed E-state index contributed by atoms with van der Waals surface area (Å²) in [7, 11) is 0. The second-order valence-corrected chi connectivity index (χ2v) is 10.2. The largest absolute Gasteiger partial charge is 0.389 e. The number of fused-ring (bicyclic) bond motifs is 5. The van der Waals surface area contributed by atoms with Crippen molar-refractivity contribution < 1.29 is 15.3 Å². The van der Waals surface area contributed by atoms with Gasteiger partial charge in [-0.15, -0.1) is 0 Å². The molecule has 1 heterocycles. The van der Waals surface area contributed by atoms with Gasteiger partial charge in [0.15, 0.2) is 0 Å². The van der Waals surface area contributed by atoms with E-state index < -0.39 is 16.6 Å². The Hall–Kier alpha value is -1.30. The van der Waals surface area contributed by atoms with Gasteiger partial charge in [0.05, 0.1) is 17.4 Å². The van der Waals surface area contributed by atoms with Crippen molar-refractivity contribution >= 4 is 0 Å². The minimum atomic E-state index is -1.12. The van der Waals surface area contributed by atoms with E-state index in [2.05, 4.69) is 29.9 Å². The summed E-state index contributed by atoms with van der Waals surface area (Å²) >= 11 is 0. The topological polar surface area (TPSA) is 86.5 Å². The smallest absolute Gasteiger partial charge is 0.115 e. The molecule has 4 aliphatic rings. The van der Waals surface area contributed by atoms with Crippen molar-refractivity contribution in [2.75, 3.05) is 0 Å². The van der Waals surface area contributed by atoms with E-state index in [0.717, 1.165) is 38.5 Å². The fourth-order valence-corrected chi connectivity index (χ4v) is 7.64. The maximum absolute atomic E-state index is 12.1. The van der Waals surface area contributed by atoms with Gasteiger partial charge in [-0.3, -0.25) is 0 Å². The number of aliphatic hydroxyl groups excluding tert-OH is 1. The first-order chi connectivity index (χ1) is 13.2. The van der Waals surface area contributed by atoms with E-state index in [1.165, 1.54) is 11.9 Å². The zero-order chi connectivity index (χ0) is 19.8. The first kappa shape index (κ1) is 18.7. The van der Waals surface area contributed by atoms with Crippen molar-refractivity contribution in [3.8, 4) is 0 Å². The molecule has 0 unspecified atom stereocenters.